The minimum atomic E-state index is 0.395. The van der Waals surface area contributed by atoms with E-state index in [9.17, 15) is 0 Å². The van der Waals surface area contributed by atoms with Crippen molar-refractivity contribution < 1.29 is 4.74 Å². The molecule has 0 unspecified atom stereocenters. The van der Waals surface area contributed by atoms with Gasteiger partial charge in [-0.2, -0.15) is 5.26 Å². The molecule has 0 N–H and O–H groups in total. The number of nitriles is 1. The zero-order valence-electron chi connectivity index (χ0n) is 9.08. The summed E-state index contributed by atoms with van der Waals surface area (Å²) in [5, 5.41) is 9.34. The van der Waals surface area contributed by atoms with Gasteiger partial charge in [-0.05, 0) is 30.5 Å². The molecule has 0 saturated heterocycles. The van der Waals surface area contributed by atoms with Crippen molar-refractivity contribution in [2.24, 2.45) is 0 Å². The molecule has 0 amide bonds. The molecule has 1 saturated carbocycles. The number of benzene rings is 1. The van der Waals surface area contributed by atoms with Crippen LogP contribution in [-0.2, 0) is 11.3 Å². The molecule has 0 radical (unpaired) electrons. The lowest BCUT2D eigenvalue weighted by molar-refractivity contribution is 0.0457. The molecule has 1 aliphatic carbocycles. The van der Waals surface area contributed by atoms with Crippen LogP contribution in [0, 0.1) is 11.3 Å². The molecule has 0 bridgehead atoms. The van der Waals surface area contributed by atoms with Gasteiger partial charge in [0.1, 0.15) is 0 Å². The topological polar surface area (TPSA) is 33.0 Å². The number of ether oxygens (including phenoxy) is 1. The summed E-state index contributed by atoms with van der Waals surface area (Å²) in [6.07, 6.45) is 5.26. The highest BCUT2D eigenvalue weighted by Gasteiger charge is 2.15. The van der Waals surface area contributed by atoms with Crippen molar-refractivity contribution >= 4 is 11.6 Å². The van der Waals surface area contributed by atoms with E-state index >= 15 is 0 Å². The SMILES string of the molecule is N#Cc1ccc(COC2CCCC2)c(Cl)c1. The number of rotatable bonds is 3. The zero-order chi connectivity index (χ0) is 11.4. The highest BCUT2D eigenvalue weighted by molar-refractivity contribution is 6.31. The Morgan fingerprint density at radius 2 is 2.12 bits per heavy atom. The Labute approximate surface area is 101 Å². The average Bonchev–Trinajstić information content (AvgIpc) is 2.80. The van der Waals surface area contributed by atoms with Crippen LogP contribution in [0.4, 0.5) is 0 Å². The molecule has 0 aliphatic heterocycles. The lowest BCUT2D eigenvalue weighted by atomic mass is 10.1. The number of nitrogens with zero attached hydrogens (tertiary/aromatic N) is 1. The molecule has 3 heteroatoms. The third kappa shape index (κ3) is 2.75. The molecule has 0 heterocycles. The zero-order valence-corrected chi connectivity index (χ0v) is 9.83. The fraction of sp³-hybridized carbons (Fsp3) is 0.462. The van der Waals surface area contributed by atoms with Crippen molar-refractivity contribution in [3.8, 4) is 6.07 Å². The molecule has 0 aromatic heterocycles. The van der Waals surface area contributed by atoms with E-state index in [4.69, 9.17) is 21.6 Å². The van der Waals surface area contributed by atoms with Crippen molar-refractivity contribution in [2.45, 2.75) is 38.4 Å². The van der Waals surface area contributed by atoms with Crippen molar-refractivity contribution in [3.05, 3.63) is 34.3 Å². The van der Waals surface area contributed by atoms with E-state index < -0.39 is 0 Å². The van der Waals surface area contributed by atoms with E-state index in [-0.39, 0.29) is 0 Å². The lowest BCUT2D eigenvalue weighted by Gasteiger charge is -2.11. The van der Waals surface area contributed by atoms with Crippen molar-refractivity contribution in [1.82, 2.24) is 0 Å². The first-order valence-corrected chi connectivity index (χ1v) is 5.97. The second-order valence-corrected chi connectivity index (χ2v) is 4.54. The van der Waals surface area contributed by atoms with Gasteiger partial charge >= 0.3 is 0 Å². The van der Waals surface area contributed by atoms with Gasteiger partial charge in [-0.25, -0.2) is 0 Å². The molecule has 1 aromatic carbocycles. The Morgan fingerprint density at radius 3 is 2.75 bits per heavy atom. The maximum Gasteiger partial charge on any atom is 0.0992 e. The Balaban J connectivity index is 1.96. The molecule has 2 nitrogen and oxygen atoms in total. The lowest BCUT2D eigenvalue weighted by Crippen LogP contribution is -2.07. The minimum Gasteiger partial charge on any atom is -0.373 e. The normalized spacial score (nSPS) is 16.2. The summed E-state index contributed by atoms with van der Waals surface area (Å²) in [5.74, 6) is 0. The van der Waals surface area contributed by atoms with Gasteiger partial charge in [-0.1, -0.05) is 30.5 Å². The van der Waals surface area contributed by atoms with E-state index in [0.717, 1.165) is 18.4 Å². The second-order valence-electron chi connectivity index (χ2n) is 4.14. The van der Waals surface area contributed by atoms with Crippen LogP contribution in [0.25, 0.3) is 0 Å². The Morgan fingerprint density at radius 1 is 1.38 bits per heavy atom. The van der Waals surface area contributed by atoms with Crippen LogP contribution in [0.5, 0.6) is 0 Å². The van der Waals surface area contributed by atoms with Crippen LogP contribution < -0.4 is 0 Å². The monoisotopic (exact) mass is 235 g/mol. The highest BCUT2D eigenvalue weighted by Crippen LogP contribution is 2.24. The predicted octanol–water partition coefficient (Wildman–Crippen LogP) is 3.67. The molecule has 16 heavy (non-hydrogen) atoms. The van der Waals surface area contributed by atoms with Crippen LogP contribution in [0.3, 0.4) is 0 Å². The third-order valence-electron chi connectivity index (χ3n) is 2.96. The van der Waals surface area contributed by atoms with Gasteiger partial charge in [0.25, 0.3) is 0 Å². The average molecular weight is 236 g/mol. The Kier molecular flexibility index (Phi) is 3.82. The van der Waals surface area contributed by atoms with Crippen LogP contribution in [0.1, 0.15) is 36.8 Å². The molecule has 1 fully saturated rings. The summed E-state index contributed by atoms with van der Waals surface area (Å²) in [6.45, 7) is 0.551. The summed E-state index contributed by atoms with van der Waals surface area (Å²) >= 11 is 6.06. The van der Waals surface area contributed by atoms with E-state index in [0.29, 0.717) is 23.3 Å². The first kappa shape index (κ1) is 11.4. The highest BCUT2D eigenvalue weighted by atomic mass is 35.5. The standard InChI is InChI=1S/C13H14ClNO/c14-13-7-10(8-15)5-6-11(13)9-16-12-3-1-2-4-12/h5-7,12H,1-4,9H2. The van der Waals surface area contributed by atoms with Crippen LogP contribution in [0.2, 0.25) is 5.02 Å². The third-order valence-corrected chi connectivity index (χ3v) is 3.31. The number of halogens is 1. The molecule has 1 aromatic rings. The first-order chi connectivity index (χ1) is 7.79. The smallest absolute Gasteiger partial charge is 0.0992 e. The molecular weight excluding hydrogens is 222 g/mol. The van der Waals surface area contributed by atoms with Gasteiger partial charge in [-0.3, -0.25) is 0 Å². The minimum absolute atomic E-state index is 0.395. The largest absolute Gasteiger partial charge is 0.373 e. The quantitative estimate of drug-likeness (QED) is 0.801. The fourth-order valence-electron chi connectivity index (χ4n) is 2.00. The van der Waals surface area contributed by atoms with Gasteiger partial charge in [0.2, 0.25) is 0 Å². The Bertz CT molecular complexity index is 405. The van der Waals surface area contributed by atoms with E-state index in [2.05, 4.69) is 6.07 Å². The number of hydrogen-bond acceptors (Lipinski definition) is 2. The molecule has 2 rings (SSSR count). The Hall–Kier alpha value is -1.04. The summed E-state index contributed by atoms with van der Waals surface area (Å²) in [6, 6.07) is 7.40. The molecule has 0 atom stereocenters. The fourth-order valence-corrected chi connectivity index (χ4v) is 2.23. The van der Waals surface area contributed by atoms with E-state index in [1.807, 2.05) is 6.07 Å². The van der Waals surface area contributed by atoms with Gasteiger partial charge in [0.05, 0.1) is 24.3 Å². The molecule has 1 aliphatic rings. The summed E-state index contributed by atoms with van der Waals surface area (Å²) in [5.41, 5.74) is 1.56. The molecule has 84 valence electrons. The van der Waals surface area contributed by atoms with Gasteiger partial charge in [0, 0.05) is 5.02 Å². The maximum absolute atomic E-state index is 8.72. The molecular formula is C13H14ClNO. The van der Waals surface area contributed by atoms with Crippen LogP contribution in [-0.4, -0.2) is 6.10 Å². The predicted molar refractivity (Wildman–Crippen MR) is 63.2 cm³/mol. The first-order valence-electron chi connectivity index (χ1n) is 5.60. The van der Waals surface area contributed by atoms with Crippen LogP contribution in [0.15, 0.2) is 18.2 Å². The van der Waals surface area contributed by atoms with Gasteiger partial charge in [-0.15, -0.1) is 0 Å². The number of hydrogen-bond donors (Lipinski definition) is 0. The maximum atomic E-state index is 8.72. The van der Waals surface area contributed by atoms with E-state index in [1.54, 1.807) is 12.1 Å². The van der Waals surface area contributed by atoms with Gasteiger partial charge in [0.15, 0.2) is 0 Å². The molecule has 0 spiro atoms. The van der Waals surface area contributed by atoms with Crippen LogP contribution >= 0.6 is 11.6 Å². The van der Waals surface area contributed by atoms with Gasteiger partial charge < -0.3 is 4.74 Å². The summed E-state index contributed by atoms with van der Waals surface area (Å²) in [4.78, 5) is 0. The van der Waals surface area contributed by atoms with Crippen molar-refractivity contribution in [1.29, 1.82) is 5.26 Å². The van der Waals surface area contributed by atoms with Crippen molar-refractivity contribution in [3.63, 3.8) is 0 Å². The van der Waals surface area contributed by atoms with E-state index in [1.165, 1.54) is 12.8 Å². The second kappa shape index (κ2) is 5.34. The summed E-state index contributed by atoms with van der Waals surface area (Å²) in [7, 11) is 0. The van der Waals surface area contributed by atoms with Crippen molar-refractivity contribution in [2.75, 3.05) is 0 Å². The summed E-state index contributed by atoms with van der Waals surface area (Å²) < 4.78 is 5.78.